The van der Waals surface area contributed by atoms with Gasteiger partial charge < -0.3 is 14.7 Å². The Balaban J connectivity index is 1.82. The van der Waals surface area contributed by atoms with Gasteiger partial charge in [0.1, 0.15) is 11.4 Å². The molecular formula is C27H35NO4. The van der Waals surface area contributed by atoms with Crippen LogP contribution in [0, 0.1) is 11.8 Å². The molecule has 0 radical (unpaired) electrons. The number of benzene rings is 2. The van der Waals surface area contributed by atoms with Crippen molar-refractivity contribution >= 4 is 17.4 Å². The van der Waals surface area contributed by atoms with Crippen LogP contribution in [0.2, 0.25) is 0 Å². The summed E-state index contributed by atoms with van der Waals surface area (Å²) in [6.07, 6.45) is 2.32. The predicted octanol–water partition coefficient (Wildman–Crippen LogP) is 5.16. The first kappa shape index (κ1) is 23.8. The normalized spacial score (nSPS) is 21.1. The number of rotatable bonds is 9. The molecular weight excluding hydrogens is 402 g/mol. The van der Waals surface area contributed by atoms with Crippen LogP contribution in [0.3, 0.4) is 0 Å². The van der Waals surface area contributed by atoms with E-state index < -0.39 is 17.6 Å². The number of carbonyl (C=O) groups excluding carboxylic acids is 2. The number of cyclic esters (lactones) is 1. The van der Waals surface area contributed by atoms with E-state index in [9.17, 15) is 14.7 Å². The Labute approximate surface area is 191 Å². The summed E-state index contributed by atoms with van der Waals surface area (Å²) in [6.45, 7) is 8.90. The lowest BCUT2D eigenvalue weighted by atomic mass is 9.77. The van der Waals surface area contributed by atoms with Crippen molar-refractivity contribution < 1.29 is 19.4 Å². The van der Waals surface area contributed by atoms with Gasteiger partial charge in [-0.1, -0.05) is 58.0 Å². The first-order valence-electron chi connectivity index (χ1n) is 11.6. The lowest BCUT2D eigenvalue weighted by molar-refractivity contribution is -0.179. The highest BCUT2D eigenvalue weighted by atomic mass is 16.6. The van der Waals surface area contributed by atoms with Crippen molar-refractivity contribution in [2.45, 2.75) is 65.0 Å². The largest absolute Gasteiger partial charge is 0.508 e. The van der Waals surface area contributed by atoms with Gasteiger partial charge in [-0.2, -0.15) is 0 Å². The van der Waals surface area contributed by atoms with Gasteiger partial charge in [-0.25, -0.2) is 4.79 Å². The van der Waals surface area contributed by atoms with Crippen molar-refractivity contribution in [1.82, 2.24) is 0 Å². The van der Waals surface area contributed by atoms with Gasteiger partial charge in [-0.15, -0.1) is 0 Å². The average Bonchev–Trinajstić information content (AvgIpc) is 2.75. The number of nitrogens with zero attached hydrogens (tertiary/aromatic N) is 1. The van der Waals surface area contributed by atoms with Gasteiger partial charge in [0.25, 0.3) is 0 Å². The second-order valence-corrected chi connectivity index (χ2v) is 9.56. The van der Waals surface area contributed by atoms with Gasteiger partial charge in [-0.3, -0.25) is 4.79 Å². The molecule has 1 saturated heterocycles. The average molecular weight is 438 g/mol. The molecule has 2 unspecified atom stereocenters. The molecule has 0 aromatic heterocycles. The SMILES string of the molecule is CC(C)CCN(c1ccccc1)C1C(=O)CC(CCc2ccc(O)cc2)(C(C)C)OC1=O. The Bertz CT molecular complexity index is 887. The third kappa shape index (κ3) is 5.50. The van der Waals surface area contributed by atoms with Crippen molar-refractivity contribution in [2.75, 3.05) is 11.4 Å². The number of aromatic hydroxyl groups is 1. The minimum Gasteiger partial charge on any atom is -0.508 e. The van der Waals surface area contributed by atoms with Gasteiger partial charge in [0.05, 0.1) is 0 Å². The molecule has 0 spiro atoms. The third-order valence-corrected chi connectivity index (χ3v) is 6.48. The predicted molar refractivity (Wildman–Crippen MR) is 127 cm³/mol. The minimum absolute atomic E-state index is 0.00862. The number of aryl methyl sites for hydroxylation is 1. The van der Waals surface area contributed by atoms with Crippen LogP contribution in [0.4, 0.5) is 5.69 Å². The maximum atomic E-state index is 13.5. The summed E-state index contributed by atoms with van der Waals surface area (Å²) in [7, 11) is 0. The van der Waals surface area contributed by atoms with Crippen LogP contribution in [0.15, 0.2) is 54.6 Å². The van der Waals surface area contributed by atoms with Crippen molar-refractivity contribution in [3.8, 4) is 5.75 Å². The Morgan fingerprint density at radius 1 is 1.03 bits per heavy atom. The first-order chi connectivity index (χ1) is 15.2. The second-order valence-electron chi connectivity index (χ2n) is 9.56. The first-order valence-corrected chi connectivity index (χ1v) is 11.6. The zero-order valence-corrected chi connectivity index (χ0v) is 19.6. The fourth-order valence-corrected chi connectivity index (χ4v) is 4.31. The van der Waals surface area contributed by atoms with E-state index in [1.54, 1.807) is 12.1 Å². The van der Waals surface area contributed by atoms with Crippen molar-refractivity contribution in [2.24, 2.45) is 11.8 Å². The highest BCUT2D eigenvalue weighted by Gasteiger charge is 2.50. The zero-order valence-electron chi connectivity index (χ0n) is 19.6. The minimum atomic E-state index is -0.906. The molecule has 1 heterocycles. The van der Waals surface area contributed by atoms with Gasteiger partial charge >= 0.3 is 5.97 Å². The lowest BCUT2D eigenvalue weighted by Gasteiger charge is -2.44. The molecule has 0 saturated carbocycles. The molecule has 5 nitrogen and oxygen atoms in total. The van der Waals surface area contributed by atoms with E-state index in [2.05, 4.69) is 13.8 Å². The van der Waals surface area contributed by atoms with E-state index in [4.69, 9.17) is 4.74 Å². The summed E-state index contributed by atoms with van der Waals surface area (Å²) in [4.78, 5) is 28.7. The van der Waals surface area contributed by atoms with Crippen molar-refractivity contribution in [1.29, 1.82) is 0 Å². The fraction of sp³-hybridized carbons (Fsp3) is 0.481. The molecule has 1 N–H and O–H groups in total. The summed E-state index contributed by atoms with van der Waals surface area (Å²) >= 11 is 0. The summed E-state index contributed by atoms with van der Waals surface area (Å²) in [6, 6.07) is 15.8. The Hall–Kier alpha value is -2.82. The molecule has 3 rings (SSSR count). The van der Waals surface area contributed by atoms with E-state index in [0.717, 1.165) is 17.7 Å². The number of hydrogen-bond acceptors (Lipinski definition) is 5. The van der Waals surface area contributed by atoms with Crippen LogP contribution in [0.5, 0.6) is 5.75 Å². The molecule has 2 atom stereocenters. The van der Waals surface area contributed by atoms with Crippen LogP contribution >= 0.6 is 0 Å². The number of phenolic OH excluding ortho intramolecular Hbond substituents is 1. The maximum Gasteiger partial charge on any atom is 0.337 e. The molecule has 0 aliphatic carbocycles. The van der Waals surface area contributed by atoms with Crippen LogP contribution in [-0.2, 0) is 20.7 Å². The molecule has 2 aromatic carbocycles. The van der Waals surface area contributed by atoms with Gasteiger partial charge in [0.2, 0.25) is 0 Å². The number of ketones is 1. The van der Waals surface area contributed by atoms with Crippen LogP contribution < -0.4 is 4.90 Å². The number of esters is 1. The van der Waals surface area contributed by atoms with E-state index in [1.807, 2.05) is 61.2 Å². The maximum absolute atomic E-state index is 13.5. The Morgan fingerprint density at radius 3 is 2.25 bits per heavy atom. The number of hydrogen-bond donors (Lipinski definition) is 1. The number of Topliss-reactive ketones (excluding diaryl/α,β-unsaturated/α-hetero) is 1. The zero-order chi connectivity index (χ0) is 23.3. The van der Waals surface area contributed by atoms with E-state index in [0.29, 0.717) is 25.3 Å². The van der Waals surface area contributed by atoms with E-state index >= 15 is 0 Å². The summed E-state index contributed by atoms with van der Waals surface area (Å²) in [5, 5.41) is 9.52. The molecule has 172 valence electrons. The fourth-order valence-electron chi connectivity index (χ4n) is 4.31. The molecule has 1 aliphatic heterocycles. The second kappa shape index (κ2) is 10.2. The number of ether oxygens (including phenoxy) is 1. The quantitative estimate of drug-likeness (QED) is 0.434. The molecule has 0 amide bonds. The van der Waals surface area contributed by atoms with Gasteiger partial charge in [-0.05, 0) is 60.9 Å². The van der Waals surface area contributed by atoms with E-state index in [-0.39, 0.29) is 23.9 Å². The topological polar surface area (TPSA) is 66.8 Å². The smallest absolute Gasteiger partial charge is 0.337 e. The third-order valence-electron chi connectivity index (χ3n) is 6.48. The number of phenols is 1. The monoisotopic (exact) mass is 437 g/mol. The molecule has 1 aliphatic rings. The van der Waals surface area contributed by atoms with Crippen molar-refractivity contribution in [3.63, 3.8) is 0 Å². The molecule has 0 bridgehead atoms. The standard InChI is InChI=1S/C27H35NO4/c1-19(2)15-17-28(22-8-6-5-7-9-22)25-24(30)18-27(20(3)4,32-26(25)31)16-14-21-10-12-23(29)13-11-21/h5-13,19-20,25,29H,14-18H2,1-4H3. The van der Waals surface area contributed by atoms with E-state index in [1.165, 1.54) is 0 Å². The summed E-state index contributed by atoms with van der Waals surface area (Å²) < 4.78 is 6.12. The van der Waals surface area contributed by atoms with Gasteiger partial charge in [0.15, 0.2) is 11.8 Å². The molecule has 1 fully saturated rings. The van der Waals surface area contributed by atoms with Crippen LogP contribution in [-0.4, -0.2) is 35.0 Å². The summed E-state index contributed by atoms with van der Waals surface area (Å²) in [5.41, 5.74) is 1.09. The highest BCUT2D eigenvalue weighted by Crippen LogP contribution is 2.37. The highest BCUT2D eigenvalue weighted by molar-refractivity contribution is 6.08. The number of anilines is 1. The Morgan fingerprint density at radius 2 is 1.69 bits per heavy atom. The van der Waals surface area contributed by atoms with Crippen LogP contribution in [0.1, 0.15) is 52.5 Å². The van der Waals surface area contributed by atoms with Crippen molar-refractivity contribution in [3.05, 3.63) is 60.2 Å². The molecule has 2 aromatic rings. The van der Waals surface area contributed by atoms with Crippen LogP contribution in [0.25, 0.3) is 0 Å². The molecule has 32 heavy (non-hydrogen) atoms. The summed E-state index contributed by atoms with van der Waals surface area (Å²) in [5.74, 6) is 0.156. The number of para-hydroxylation sites is 1. The lowest BCUT2D eigenvalue weighted by Crippen LogP contribution is -2.59. The van der Waals surface area contributed by atoms with Gasteiger partial charge in [0, 0.05) is 18.7 Å². The Kier molecular flexibility index (Phi) is 7.60. The number of carbonyl (C=O) groups is 2. The molecule has 5 heteroatoms.